The Kier molecular flexibility index (Phi) is 8.62. The average Bonchev–Trinajstić information content (AvgIpc) is 3.39. The van der Waals surface area contributed by atoms with Crippen molar-refractivity contribution in [1.82, 2.24) is 4.90 Å². The third-order valence-electron chi connectivity index (χ3n) is 6.91. The standard InChI is InChI=1S/C30H37NO7/c1-18(2)11-14-37-24-10-7-20(17-25(24)36-5)27-26(29(33)30(34)31(27)12-6-13-35-4)28(32)21-8-9-23-22(16-21)15-19(3)38-23/h7-10,16-19,27,32H,6,11-15H2,1-5H3/b28-26+. The van der Waals surface area contributed by atoms with Crippen LogP contribution in [0.1, 0.15) is 56.3 Å². The SMILES string of the molecule is COCCCN1C(=O)C(=O)/C(=C(/O)c2ccc3c(c2)CC(C)O3)C1c1ccc(OCCC(C)C)c(OC)c1. The van der Waals surface area contributed by atoms with Gasteiger partial charge in [0.15, 0.2) is 11.5 Å². The van der Waals surface area contributed by atoms with Gasteiger partial charge in [0, 0.05) is 32.2 Å². The van der Waals surface area contributed by atoms with E-state index in [9.17, 15) is 14.7 Å². The van der Waals surface area contributed by atoms with Crippen LogP contribution in [0.25, 0.3) is 5.76 Å². The Morgan fingerprint density at radius 3 is 2.61 bits per heavy atom. The van der Waals surface area contributed by atoms with Gasteiger partial charge < -0.3 is 29.0 Å². The van der Waals surface area contributed by atoms with Crippen molar-refractivity contribution in [1.29, 1.82) is 0 Å². The van der Waals surface area contributed by atoms with Crippen molar-refractivity contribution < 1.29 is 33.6 Å². The summed E-state index contributed by atoms with van der Waals surface area (Å²) in [6.07, 6.45) is 2.19. The molecule has 0 aliphatic carbocycles. The van der Waals surface area contributed by atoms with E-state index in [2.05, 4.69) is 13.8 Å². The normalized spacial score (nSPS) is 20.1. The second-order valence-corrected chi connectivity index (χ2v) is 10.2. The minimum Gasteiger partial charge on any atom is -0.507 e. The number of hydrogen-bond acceptors (Lipinski definition) is 7. The van der Waals surface area contributed by atoms with Gasteiger partial charge in [-0.1, -0.05) is 19.9 Å². The van der Waals surface area contributed by atoms with Gasteiger partial charge in [-0.3, -0.25) is 9.59 Å². The van der Waals surface area contributed by atoms with Gasteiger partial charge in [0.2, 0.25) is 0 Å². The van der Waals surface area contributed by atoms with Crippen LogP contribution in [0.15, 0.2) is 42.0 Å². The summed E-state index contributed by atoms with van der Waals surface area (Å²) in [5.41, 5.74) is 2.13. The van der Waals surface area contributed by atoms with E-state index in [1.807, 2.05) is 19.1 Å². The molecule has 204 valence electrons. The fraction of sp³-hybridized carbons (Fsp3) is 0.467. The van der Waals surface area contributed by atoms with Crippen LogP contribution in [0.4, 0.5) is 0 Å². The topological polar surface area (TPSA) is 94.5 Å². The van der Waals surface area contributed by atoms with Gasteiger partial charge in [-0.25, -0.2) is 0 Å². The van der Waals surface area contributed by atoms with Crippen LogP contribution in [-0.2, 0) is 20.7 Å². The number of methoxy groups -OCH3 is 2. The molecule has 4 rings (SSSR count). The molecule has 2 heterocycles. The number of ether oxygens (including phenoxy) is 4. The first kappa shape index (κ1) is 27.5. The number of likely N-dealkylation sites (tertiary alicyclic amines) is 1. The zero-order chi connectivity index (χ0) is 27.4. The van der Waals surface area contributed by atoms with Crippen LogP contribution in [-0.4, -0.2) is 61.8 Å². The summed E-state index contributed by atoms with van der Waals surface area (Å²) in [4.78, 5) is 28.0. The number of fused-ring (bicyclic) bond motifs is 1. The molecule has 8 nitrogen and oxygen atoms in total. The number of carbonyl (C=O) groups is 2. The van der Waals surface area contributed by atoms with Gasteiger partial charge in [-0.2, -0.15) is 0 Å². The van der Waals surface area contributed by atoms with Crippen LogP contribution in [0.3, 0.4) is 0 Å². The monoisotopic (exact) mass is 523 g/mol. The van der Waals surface area contributed by atoms with Crippen molar-refractivity contribution in [3.05, 3.63) is 58.7 Å². The van der Waals surface area contributed by atoms with Gasteiger partial charge in [-0.15, -0.1) is 0 Å². The number of hydrogen-bond donors (Lipinski definition) is 1. The van der Waals surface area contributed by atoms with Crippen LogP contribution in [0, 0.1) is 5.92 Å². The Morgan fingerprint density at radius 1 is 1.11 bits per heavy atom. The summed E-state index contributed by atoms with van der Waals surface area (Å²) in [5, 5.41) is 11.4. The minimum atomic E-state index is -0.783. The summed E-state index contributed by atoms with van der Waals surface area (Å²) >= 11 is 0. The Balaban J connectivity index is 1.76. The third-order valence-corrected chi connectivity index (χ3v) is 6.91. The highest BCUT2D eigenvalue weighted by molar-refractivity contribution is 6.46. The van der Waals surface area contributed by atoms with Crippen LogP contribution < -0.4 is 14.2 Å². The number of amides is 1. The van der Waals surface area contributed by atoms with Crippen molar-refractivity contribution in [3.8, 4) is 17.2 Å². The molecule has 1 N–H and O–H groups in total. The molecule has 0 saturated carbocycles. The van der Waals surface area contributed by atoms with Crippen molar-refractivity contribution in [2.75, 3.05) is 34.0 Å². The molecule has 2 aliphatic rings. The second kappa shape index (κ2) is 11.9. The molecule has 1 amide bonds. The predicted octanol–water partition coefficient (Wildman–Crippen LogP) is 4.90. The number of nitrogens with zero attached hydrogens (tertiary/aromatic N) is 1. The Labute approximate surface area is 224 Å². The van der Waals surface area contributed by atoms with E-state index < -0.39 is 17.7 Å². The highest BCUT2D eigenvalue weighted by atomic mass is 16.5. The molecule has 2 atom stereocenters. The molecular weight excluding hydrogens is 486 g/mol. The lowest BCUT2D eigenvalue weighted by molar-refractivity contribution is -0.140. The number of aliphatic hydroxyl groups excluding tert-OH is 1. The Bertz CT molecular complexity index is 1220. The van der Waals surface area contributed by atoms with Crippen LogP contribution in [0.2, 0.25) is 0 Å². The van der Waals surface area contributed by atoms with E-state index in [1.165, 1.54) is 4.90 Å². The quantitative estimate of drug-likeness (QED) is 0.194. The summed E-state index contributed by atoms with van der Waals surface area (Å²) in [6.45, 7) is 7.52. The summed E-state index contributed by atoms with van der Waals surface area (Å²) in [5.74, 6) is 0.775. The first-order chi connectivity index (χ1) is 18.2. The van der Waals surface area contributed by atoms with Gasteiger partial charge >= 0.3 is 0 Å². The predicted molar refractivity (Wildman–Crippen MR) is 144 cm³/mol. The number of aliphatic hydroxyl groups is 1. The van der Waals surface area contributed by atoms with Gasteiger partial charge in [0.1, 0.15) is 17.6 Å². The summed E-state index contributed by atoms with van der Waals surface area (Å²) < 4.78 is 22.5. The largest absolute Gasteiger partial charge is 0.507 e. The van der Waals surface area contributed by atoms with Crippen LogP contribution in [0.5, 0.6) is 17.2 Å². The van der Waals surface area contributed by atoms with E-state index in [0.717, 1.165) is 17.7 Å². The molecule has 2 unspecified atom stereocenters. The minimum absolute atomic E-state index is 0.0440. The first-order valence-electron chi connectivity index (χ1n) is 13.1. The molecule has 0 aromatic heterocycles. The zero-order valence-corrected chi connectivity index (χ0v) is 22.8. The average molecular weight is 524 g/mol. The van der Waals surface area contributed by atoms with Gasteiger partial charge in [0.05, 0.1) is 25.3 Å². The fourth-order valence-corrected chi connectivity index (χ4v) is 4.94. The highest BCUT2D eigenvalue weighted by Gasteiger charge is 2.46. The second-order valence-electron chi connectivity index (χ2n) is 10.2. The molecular formula is C30H37NO7. The smallest absolute Gasteiger partial charge is 0.295 e. The lowest BCUT2D eigenvalue weighted by Crippen LogP contribution is -2.31. The maximum absolute atomic E-state index is 13.3. The molecule has 1 fully saturated rings. The lowest BCUT2D eigenvalue weighted by Gasteiger charge is -2.26. The van der Waals surface area contributed by atoms with Crippen molar-refractivity contribution in [2.24, 2.45) is 5.92 Å². The number of benzene rings is 2. The Morgan fingerprint density at radius 2 is 1.89 bits per heavy atom. The van der Waals surface area contributed by atoms with E-state index in [-0.39, 0.29) is 17.4 Å². The van der Waals surface area contributed by atoms with Crippen molar-refractivity contribution in [3.63, 3.8) is 0 Å². The highest BCUT2D eigenvalue weighted by Crippen LogP contribution is 2.43. The lowest BCUT2D eigenvalue weighted by atomic mass is 9.94. The number of carbonyl (C=O) groups excluding carboxylic acids is 2. The maximum Gasteiger partial charge on any atom is 0.295 e. The van der Waals surface area contributed by atoms with Crippen LogP contribution >= 0.6 is 0 Å². The molecule has 2 aliphatic heterocycles. The fourth-order valence-electron chi connectivity index (χ4n) is 4.94. The van der Waals surface area contributed by atoms with Gasteiger partial charge in [-0.05, 0) is 67.1 Å². The molecule has 38 heavy (non-hydrogen) atoms. The molecule has 0 spiro atoms. The summed E-state index contributed by atoms with van der Waals surface area (Å²) in [7, 11) is 3.14. The van der Waals surface area contributed by atoms with E-state index in [4.69, 9.17) is 18.9 Å². The van der Waals surface area contributed by atoms with E-state index in [1.54, 1.807) is 38.5 Å². The van der Waals surface area contributed by atoms with E-state index >= 15 is 0 Å². The number of rotatable bonds is 11. The molecule has 2 aromatic rings. The molecule has 1 saturated heterocycles. The molecule has 0 bridgehead atoms. The molecule has 2 aromatic carbocycles. The number of ketones is 1. The van der Waals surface area contributed by atoms with Crippen molar-refractivity contribution in [2.45, 2.75) is 52.2 Å². The van der Waals surface area contributed by atoms with Gasteiger partial charge in [0.25, 0.3) is 11.7 Å². The Hall–Kier alpha value is -3.52. The first-order valence-corrected chi connectivity index (χ1v) is 13.1. The number of Topliss-reactive ketones (excluding diaryl/α,β-unsaturated/α-hetero) is 1. The zero-order valence-electron chi connectivity index (χ0n) is 22.8. The maximum atomic E-state index is 13.3. The molecule has 0 radical (unpaired) electrons. The van der Waals surface area contributed by atoms with Crippen molar-refractivity contribution >= 4 is 17.4 Å². The summed E-state index contributed by atoms with van der Waals surface area (Å²) in [6, 6.07) is 9.94. The third kappa shape index (κ3) is 5.65. The van der Waals surface area contributed by atoms with E-state index in [0.29, 0.717) is 61.1 Å². The molecule has 8 heteroatoms.